The summed E-state index contributed by atoms with van der Waals surface area (Å²) in [6.07, 6.45) is 7.30. The Hall–Kier alpha value is -0.530. The van der Waals surface area contributed by atoms with Crippen molar-refractivity contribution in [1.29, 1.82) is 0 Å². The van der Waals surface area contributed by atoms with Gasteiger partial charge in [-0.05, 0) is 47.9 Å². The molecule has 1 aliphatic carbocycles. The molecule has 2 heteroatoms. The first-order valence-electron chi connectivity index (χ1n) is 7.17. The fourth-order valence-electron chi connectivity index (χ4n) is 3.49. The molecule has 1 aliphatic rings. The third-order valence-corrected chi connectivity index (χ3v) is 4.65. The fourth-order valence-corrected chi connectivity index (χ4v) is 3.68. The Morgan fingerprint density at radius 1 is 1.28 bits per heavy atom. The summed E-state index contributed by atoms with van der Waals surface area (Å²) in [6, 6.07) is 6.41. The predicted octanol–water partition coefficient (Wildman–Crippen LogP) is 4.87. The quantitative estimate of drug-likeness (QED) is 0.807. The molecule has 0 fully saturated rings. The van der Waals surface area contributed by atoms with E-state index in [4.69, 9.17) is 17.3 Å². The summed E-state index contributed by atoms with van der Waals surface area (Å²) in [5.74, 6) is 0. The van der Waals surface area contributed by atoms with Crippen LogP contribution >= 0.6 is 11.6 Å². The van der Waals surface area contributed by atoms with E-state index in [1.54, 1.807) is 0 Å². The van der Waals surface area contributed by atoms with Crippen LogP contribution in [-0.2, 0) is 6.42 Å². The van der Waals surface area contributed by atoms with E-state index in [-0.39, 0.29) is 11.5 Å². The second kappa shape index (κ2) is 5.63. The molecule has 0 heterocycles. The van der Waals surface area contributed by atoms with Crippen LogP contribution in [0, 0.1) is 5.41 Å². The van der Waals surface area contributed by atoms with E-state index in [9.17, 15) is 0 Å². The van der Waals surface area contributed by atoms with Crippen LogP contribution < -0.4 is 5.73 Å². The van der Waals surface area contributed by atoms with Crippen LogP contribution in [0.2, 0.25) is 5.02 Å². The summed E-state index contributed by atoms with van der Waals surface area (Å²) in [6.45, 7) is 4.51. The third kappa shape index (κ3) is 2.44. The van der Waals surface area contributed by atoms with Crippen molar-refractivity contribution in [2.45, 2.75) is 58.4 Å². The minimum atomic E-state index is 0.191. The molecule has 1 aromatic rings. The first kappa shape index (κ1) is 13.9. The van der Waals surface area contributed by atoms with E-state index in [1.165, 1.54) is 43.2 Å². The second-order valence-electron chi connectivity index (χ2n) is 5.71. The largest absolute Gasteiger partial charge is 0.323 e. The number of unbranched alkanes of at least 4 members (excludes halogenated alkanes) is 1. The fraction of sp³-hybridized carbons (Fsp3) is 0.625. The lowest BCUT2D eigenvalue weighted by molar-refractivity contribution is 0.197. The van der Waals surface area contributed by atoms with Crippen molar-refractivity contribution in [2.75, 3.05) is 0 Å². The topological polar surface area (TPSA) is 26.0 Å². The van der Waals surface area contributed by atoms with Gasteiger partial charge in [0.2, 0.25) is 0 Å². The molecule has 0 aliphatic heterocycles. The summed E-state index contributed by atoms with van der Waals surface area (Å²) >= 11 is 6.10. The van der Waals surface area contributed by atoms with Gasteiger partial charge in [0.1, 0.15) is 0 Å². The number of fused-ring (bicyclic) bond motifs is 1. The van der Waals surface area contributed by atoms with E-state index in [0.29, 0.717) is 0 Å². The van der Waals surface area contributed by atoms with Crippen LogP contribution in [0.4, 0.5) is 0 Å². The van der Waals surface area contributed by atoms with E-state index in [1.807, 2.05) is 6.07 Å². The van der Waals surface area contributed by atoms with Crippen molar-refractivity contribution in [2.24, 2.45) is 11.1 Å². The Morgan fingerprint density at radius 3 is 2.72 bits per heavy atom. The number of benzene rings is 1. The molecule has 0 amide bonds. The maximum absolute atomic E-state index is 6.56. The van der Waals surface area contributed by atoms with Gasteiger partial charge in [-0.1, -0.05) is 50.8 Å². The molecule has 1 nitrogen and oxygen atoms in total. The normalized spacial score (nSPS) is 26.3. The van der Waals surface area contributed by atoms with Crippen molar-refractivity contribution in [3.63, 3.8) is 0 Å². The lowest BCUT2D eigenvalue weighted by Crippen LogP contribution is -2.31. The lowest BCUT2D eigenvalue weighted by Gasteiger charge is -2.34. The van der Waals surface area contributed by atoms with Gasteiger partial charge in [0.25, 0.3) is 0 Å². The summed E-state index contributed by atoms with van der Waals surface area (Å²) in [5, 5.41) is 0.837. The molecule has 0 bridgehead atoms. The standard InChI is InChI=1S/C16H24ClN/c1-3-5-9-16(8-4-2)11-12-10-13(17)6-7-14(12)15(16)18/h6-7,10,15H,3-5,8-9,11,18H2,1-2H3. The van der Waals surface area contributed by atoms with E-state index in [0.717, 1.165) is 11.4 Å². The van der Waals surface area contributed by atoms with Gasteiger partial charge in [-0.15, -0.1) is 0 Å². The van der Waals surface area contributed by atoms with E-state index < -0.39 is 0 Å². The molecule has 0 spiro atoms. The van der Waals surface area contributed by atoms with E-state index in [2.05, 4.69) is 26.0 Å². The Morgan fingerprint density at radius 2 is 2.06 bits per heavy atom. The monoisotopic (exact) mass is 265 g/mol. The zero-order valence-electron chi connectivity index (χ0n) is 11.5. The van der Waals surface area contributed by atoms with Crippen molar-refractivity contribution >= 4 is 11.6 Å². The minimum absolute atomic E-state index is 0.191. The van der Waals surface area contributed by atoms with Gasteiger partial charge in [0.05, 0.1) is 0 Å². The molecule has 0 aromatic heterocycles. The van der Waals surface area contributed by atoms with Crippen molar-refractivity contribution < 1.29 is 0 Å². The molecule has 2 unspecified atom stereocenters. The first-order chi connectivity index (χ1) is 8.63. The van der Waals surface area contributed by atoms with Gasteiger partial charge in [0.15, 0.2) is 0 Å². The molecule has 0 saturated heterocycles. The van der Waals surface area contributed by atoms with Gasteiger partial charge < -0.3 is 5.73 Å². The Balaban J connectivity index is 2.29. The Bertz CT molecular complexity index is 416. The molecule has 2 rings (SSSR count). The highest BCUT2D eigenvalue weighted by atomic mass is 35.5. The van der Waals surface area contributed by atoms with Crippen LogP contribution in [0.3, 0.4) is 0 Å². The van der Waals surface area contributed by atoms with E-state index >= 15 is 0 Å². The highest BCUT2D eigenvalue weighted by Gasteiger charge is 2.42. The highest BCUT2D eigenvalue weighted by Crippen LogP contribution is 2.50. The Labute approximate surface area is 116 Å². The summed E-state index contributed by atoms with van der Waals surface area (Å²) in [7, 11) is 0. The SMILES string of the molecule is CCCCC1(CCC)Cc2cc(Cl)ccc2C1N. The second-order valence-corrected chi connectivity index (χ2v) is 6.15. The molecular formula is C16H24ClN. The molecule has 0 saturated carbocycles. The molecule has 2 atom stereocenters. The zero-order chi connectivity index (χ0) is 13.2. The average molecular weight is 266 g/mol. The van der Waals surface area contributed by atoms with Gasteiger partial charge in [-0.2, -0.15) is 0 Å². The molecule has 0 radical (unpaired) electrons. The number of halogens is 1. The number of hydrogen-bond acceptors (Lipinski definition) is 1. The molecule has 1 aromatic carbocycles. The van der Waals surface area contributed by atoms with Crippen LogP contribution in [0.15, 0.2) is 18.2 Å². The van der Waals surface area contributed by atoms with Gasteiger partial charge in [-0.3, -0.25) is 0 Å². The van der Waals surface area contributed by atoms with Gasteiger partial charge in [0, 0.05) is 11.1 Å². The molecular weight excluding hydrogens is 242 g/mol. The summed E-state index contributed by atoms with van der Waals surface area (Å²) < 4.78 is 0. The summed E-state index contributed by atoms with van der Waals surface area (Å²) in [5.41, 5.74) is 9.53. The van der Waals surface area contributed by atoms with Crippen LogP contribution in [0.1, 0.15) is 63.1 Å². The van der Waals surface area contributed by atoms with Crippen LogP contribution in [0.5, 0.6) is 0 Å². The van der Waals surface area contributed by atoms with Crippen molar-refractivity contribution in [3.05, 3.63) is 34.3 Å². The summed E-state index contributed by atoms with van der Waals surface area (Å²) in [4.78, 5) is 0. The molecule has 2 N–H and O–H groups in total. The van der Waals surface area contributed by atoms with Crippen LogP contribution in [0.25, 0.3) is 0 Å². The number of nitrogens with two attached hydrogens (primary N) is 1. The number of hydrogen-bond donors (Lipinski definition) is 1. The minimum Gasteiger partial charge on any atom is -0.323 e. The predicted molar refractivity (Wildman–Crippen MR) is 79.0 cm³/mol. The Kier molecular flexibility index (Phi) is 4.34. The lowest BCUT2D eigenvalue weighted by atomic mass is 9.73. The zero-order valence-corrected chi connectivity index (χ0v) is 12.3. The van der Waals surface area contributed by atoms with Gasteiger partial charge in [-0.25, -0.2) is 0 Å². The van der Waals surface area contributed by atoms with Gasteiger partial charge >= 0.3 is 0 Å². The first-order valence-corrected chi connectivity index (χ1v) is 7.54. The highest BCUT2D eigenvalue weighted by molar-refractivity contribution is 6.30. The van der Waals surface area contributed by atoms with Crippen molar-refractivity contribution in [3.8, 4) is 0 Å². The third-order valence-electron chi connectivity index (χ3n) is 4.42. The smallest absolute Gasteiger partial charge is 0.0408 e. The van der Waals surface area contributed by atoms with Crippen LogP contribution in [-0.4, -0.2) is 0 Å². The maximum atomic E-state index is 6.56. The molecule has 100 valence electrons. The number of rotatable bonds is 5. The molecule has 18 heavy (non-hydrogen) atoms. The maximum Gasteiger partial charge on any atom is 0.0408 e. The van der Waals surface area contributed by atoms with Crippen molar-refractivity contribution in [1.82, 2.24) is 0 Å². The average Bonchev–Trinajstić information content (AvgIpc) is 2.60.